The smallest absolute Gasteiger partial charge is 0.237 e. The van der Waals surface area contributed by atoms with Crippen LogP contribution in [0.4, 0.5) is 5.69 Å². The Bertz CT molecular complexity index is 548. The van der Waals surface area contributed by atoms with Gasteiger partial charge in [0.25, 0.3) is 0 Å². The van der Waals surface area contributed by atoms with E-state index in [2.05, 4.69) is 15.9 Å². The Labute approximate surface area is 107 Å². The summed E-state index contributed by atoms with van der Waals surface area (Å²) >= 11 is 3.28. The first-order valence-electron chi connectivity index (χ1n) is 5.11. The van der Waals surface area contributed by atoms with Crippen LogP contribution in [-0.4, -0.2) is 11.8 Å². The van der Waals surface area contributed by atoms with E-state index in [0.29, 0.717) is 15.7 Å². The minimum atomic E-state index is -0.273. The Morgan fingerprint density at radius 3 is 2.65 bits per heavy atom. The third-order valence-electron chi connectivity index (χ3n) is 2.69. The SMILES string of the molecule is CC1CC(=O)N(c2ccc(C#N)cc2Br)C1=O. The van der Waals surface area contributed by atoms with Crippen molar-refractivity contribution in [1.82, 2.24) is 0 Å². The second-order valence-corrected chi connectivity index (χ2v) is 4.80. The minimum Gasteiger partial charge on any atom is -0.274 e. The van der Waals surface area contributed by atoms with Gasteiger partial charge in [-0.15, -0.1) is 0 Å². The Kier molecular flexibility index (Phi) is 2.99. The van der Waals surface area contributed by atoms with Gasteiger partial charge in [-0.05, 0) is 34.1 Å². The van der Waals surface area contributed by atoms with Crippen molar-refractivity contribution in [3.63, 3.8) is 0 Å². The molecule has 0 bridgehead atoms. The molecule has 86 valence electrons. The molecule has 2 amide bonds. The van der Waals surface area contributed by atoms with Gasteiger partial charge in [0.1, 0.15) is 0 Å². The number of hydrogen-bond acceptors (Lipinski definition) is 3. The van der Waals surface area contributed by atoms with Crippen LogP contribution in [0.15, 0.2) is 22.7 Å². The molecule has 1 aromatic rings. The third kappa shape index (κ3) is 1.96. The van der Waals surface area contributed by atoms with E-state index < -0.39 is 0 Å². The number of hydrogen-bond donors (Lipinski definition) is 0. The van der Waals surface area contributed by atoms with E-state index in [9.17, 15) is 9.59 Å². The fourth-order valence-electron chi connectivity index (χ4n) is 1.79. The molecule has 2 rings (SSSR count). The number of nitriles is 1. The summed E-state index contributed by atoms with van der Waals surface area (Å²) in [4.78, 5) is 24.7. The standard InChI is InChI=1S/C12H9BrN2O2/c1-7-4-11(16)15(12(7)17)10-3-2-8(6-14)5-9(10)13/h2-3,5,7H,4H2,1H3. The number of nitrogens with zero attached hydrogens (tertiary/aromatic N) is 2. The van der Waals surface area contributed by atoms with Crippen molar-refractivity contribution in [1.29, 1.82) is 5.26 Å². The van der Waals surface area contributed by atoms with Gasteiger partial charge in [0, 0.05) is 16.8 Å². The van der Waals surface area contributed by atoms with Crippen LogP contribution in [0.1, 0.15) is 18.9 Å². The number of carbonyl (C=O) groups is 2. The number of benzene rings is 1. The Balaban J connectivity index is 2.45. The molecule has 1 aliphatic heterocycles. The molecule has 0 radical (unpaired) electrons. The monoisotopic (exact) mass is 292 g/mol. The maximum absolute atomic E-state index is 11.8. The first kappa shape index (κ1) is 11.8. The highest BCUT2D eigenvalue weighted by molar-refractivity contribution is 9.10. The molecule has 4 nitrogen and oxygen atoms in total. The molecule has 1 aromatic carbocycles. The quantitative estimate of drug-likeness (QED) is 0.746. The van der Waals surface area contributed by atoms with Crippen LogP contribution >= 0.6 is 15.9 Å². The van der Waals surface area contributed by atoms with Crippen LogP contribution in [0.25, 0.3) is 0 Å². The van der Waals surface area contributed by atoms with Crippen LogP contribution < -0.4 is 4.90 Å². The van der Waals surface area contributed by atoms with Crippen molar-refractivity contribution in [2.75, 3.05) is 4.90 Å². The van der Waals surface area contributed by atoms with Crippen molar-refractivity contribution >= 4 is 33.4 Å². The Morgan fingerprint density at radius 2 is 2.18 bits per heavy atom. The number of rotatable bonds is 1. The lowest BCUT2D eigenvalue weighted by atomic mass is 10.1. The molecule has 0 saturated carbocycles. The molecule has 0 aromatic heterocycles. The van der Waals surface area contributed by atoms with Gasteiger partial charge >= 0.3 is 0 Å². The minimum absolute atomic E-state index is 0.194. The van der Waals surface area contributed by atoms with Gasteiger partial charge in [-0.1, -0.05) is 6.92 Å². The van der Waals surface area contributed by atoms with Crippen molar-refractivity contribution in [3.05, 3.63) is 28.2 Å². The van der Waals surface area contributed by atoms with Crippen molar-refractivity contribution in [2.24, 2.45) is 5.92 Å². The lowest BCUT2D eigenvalue weighted by Gasteiger charge is -2.16. The molecule has 0 spiro atoms. The van der Waals surface area contributed by atoms with Gasteiger partial charge in [-0.25, -0.2) is 4.90 Å². The van der Waals surface area contributed by atoms with Gasteiger partial charge in [0.2, 0.25) is 11.8 Å². The molecule has 0 N–H and O–H groups in total. The third-order valence-corrected chi connectivity index (χ3v) is 3.33. The molecule has 1 heterocycles. The zero-order chi connectivity index (χ0) is 12.6. The van der Waals surface area contributed by atoms with E-state index >= 15 is 0 Å². The first-order chi connectivity index (χ1) is 8.04. The maximum atomic E-state index is 11.8. The number of imide groups is 1. The Hall–Kier alpha value is -1.67. The molecular weight excluding hydrogens is 284 g/mol. The number of anilines is 1. The summed E-state index contributed by atoms with van der Waals surface area (Å²) in [6.07, 6.45) is 0.241. The van der Waals surface area contributed by atoms with Crippen LogP contribution in [-0.2, 0) is 9.59 Å². The summed E-state index contributed by atoms with van der Waals surface area (Å²) in [5.41, 5.74) is 0.983. The molecule has 1 unspecified atom stereocenters. The molecule has 0 aliphatic carbocycles. The molecule has 1 fully saturated rings. The van der Waals surface area contributed by atoms with Gasteiger partial charge in [-0.2, -0.15) is 5.26 Å². The van der Waals surface area contributed by atoms with E-state index in [1.165, 1.54) is 4.90 Å². The molecule has 1 aliphatic rings. The summed E-state index contributed by atoms with van der Waals surface area (Å²) in [5.74, 6) is -0.668. The second-order valence-electron chi connectivity index (χ2n) is 3.95. The second kappa shape index (κ2) is 4.30. The summed E-state index contributed by atoms with van der Waals surface area (Å²) < 4.78 is 0.576. The van der Waals surface area contributed by atoms with E-state index in [-0.39, 0.29) is 24.2 Å². The molecule has 17 heavy (non-hydrogen) atoms. The largest absolute Gasteiger partial charge is 0.274 e. The van der Waals surface area contributed by atoms with Crippen molar-refractivity contribution in [2.45, 2.75) is 13.3 Å². The lowest BCUT2D eigenvalue weighted by molar-refractivity contribution is -0.122. The summed E-state index contributed by atoms with van der Waals surface area (Å²) in [7, 11) is 0. The fraction of sp³-hybridized carbons (Fsp3) is 0.250. The number of carbonyl (C=O) groups excluding carboxylic acids is 2. The highest BCUT2D eigenvalue weighted by atomic mass is 79.9. The van der Waals surface area contributed by atoms with Crippen molar-refractivity contribution < 1.29 is 9.59 Å². The average molecular weight is 293 g/mol. The molecule has 1 saturated heterocycles. The maximum Gasteiger partial charge on any atom is 0.237 e. The van der Waals surface area contributed by atoms with Gasteiger partial charge in [0.05, 0.1) is 17.3 Å². The average Bonchev–Trinajstić information content (AvgIpc) is 2.54. The van der Waals surface area contributed by atoms with E-state index in [4.69, 9.17) is 5.26 Å². The molecule has 1 atom stereocenters. The highest BCUT2D eigenvalue weighted by Gasteiger charge is 2.37. The summed E-state index contributed by atoms with van der Waals surface area (Å²) in [6, 6.07) is 6.79. The lowest BCUT2D eigenvalue weighted by Crippen LogP contribution is -2.30. The topological polar surface area (TPSA) is 61.2 Å². The zero-order valence-electron chi connectivity index (χ0n) is 9.11. The Morgan fingerprint density at radius 1 is 1.47 bits per heavy atom. The first-order valence-corrected chi connectivity index (χ1v) is 5.90. The van der Waals surface area contributed by atoms with E-state index in [0.717, 1.165) is 0 Å². The molecule has 5 heteroatoms. The van der Waals surface area contributed by atoms with Gasteiger partial charge in [-0.3, -0.25) is 9.59 Å². The van der Waals surface area contributed by atoms with Gasteiger partial charge < -0.3 is 0 Å². The zero-order valence-corrected chi connectivity index (χ0v) is 10.7. The highest BCUT2D eigenvalue weighted by Crippen LogP contribution is 2.32. The number of amides is 2. The predicted octanol–water partition coefficient (Wildman–Crippen LogP) is 2.22. The van der Waals surface area contributed by atoms with Crippen LogP contribution in [0.5, 0.6) is 0 Å². The van der Waals surface area contributed by atoms with E-state index in [1.54, 1.807) is 25.1 Å². The normalized spacial score (nSPS) is 19.6. The van der Waals surface area contributed by atoms with Crippen molar-refractivity contribution in [3.8, 4) is 6.07 Å². The fourth-order valence-corrected chi connectivity index (χ4v) is 2.35. The molecular formula is C12H9BrN2O2. The predicted molar refractivity (Wildman–Crippen MR) is 65.1 cm³/mol. The summed E-state index contributed by atoms with van der Waals surface area (Å²) in [5, 5.41) is 8.75. The number of halogens is 1. The van der Waals surface area contributed by atoms with Crippen LogP contribution in [0, 0.1) is 17.2 Å². The van der Waals surface area contributed by atoms with E-state index in [1.807, 2.05) is 6.07 Å². The van der Waals surface area contributed by atoms with Crippen LogP contribution in [0.3, 0.4) is 0 Å². The van der Waals surface area contributed by atoms with Crippen LogP contribution in [0.2, 0.25) is 0 Å². The van der Waals surface area contributed by atoms with Gasteiger partial charge in [0.15, 0.2) is 0 Å². The summed E-state index contributed by atoms with van der Waals surface area (Å²) in [6.45, 7) is 1.73.